The van der Waals surface area contributed by atoms with Crippen LogP contribution in [0.25, 0.3) is 22.2 Å². The van der Waals surface area contributed by atoms with Gasteiger partial charge >= 0.3 is 0 Å². The summed E-state index contributed by atoms with van der Waals surface area (Å²) in [4.78, 5) is 21.8. The van der Waals surface area contributed by atoms with Crippen LogP contribution in [0.4, 0.5) is 0 Å². The predicted octanol–water partition coefficient (Wildman–Crippen LogP) is 5.21. The summed E-state index contributed by atoms with van der Waals surface area (Å²) in [6, 6.07) is 20.9. The number of nitrogens with one attached hydrogen (secondary N) is 1. The predicted molar refractivity (Wildman–Crippen MR) is 119 cm³/mol. The van der Waals surface area contributed by atoms with E-state index in [-0.39, 0.29) is 5.91 Å². The summed E-state index contributed by atoms with van der Waals surface area (Å²) in [6.07, 6.45) is 3.44. The van der Waals surface area contributed by atoms with Crippen molar-refractivity contribution >= 4 is 38.5 Å². The van der Waals surface area contributed by atoms with Gasteiger partial charge in [-0.15, -0.1) is 0 Å². The minimum atomic E-state index is -0.289. The Labute approximate surface area is 176 Å². The summed E-state index contributed by atoms with van der Waals surface area (Å²) in [5.74, 6) is -0.289. The van der Waals surface area contributed by atoms with E-state index >= 15 is 0 Å². The fourth-order valence-electron chi connectivity index (χ4n) is 3.00. The number of benzene rings is 2. The van der Waals surface area contributed by atoms with Gasteiger partial charge in [-0.2, -0.15) is 5.10 Å². The maximum absolute atomic E-state index is 13.0. The molecular weight excluding hydrogens is 428 g/mol. The molecule has 0 fully saturated rings. The zero-order chi connectivity index (χ0) is 20.2. The number of aromatic nitrogens is 2. The summed E-state index contributed by atoms with van der Waals surface area (Å²) < 4.78 is 0.956. The van der Waals surface area contributed by atoms with Crippen molar-refractivity contribution in [2.24, 2.45) is 5.10 Å². The Morgan fingerprint density at radius 1 is 1.03 bits per heavy atom. The molecule has 2 heterocycles. The highest BCUT2D eigenvalue weighted by Gasteiger charge is 2.14. The number of carbonyl (C=O) groups is 1. The lowest BCUT2D eigenvalue weighted by atomic mass is 10.0. The van der Waals surface area contributed by atoms with Crippen molar-refractivity contribution in [1.29, 1.82) is 0 Å². The number of halogens is 1. The van der Waals surface area contributed by atoms with Crippen LogP contribution >= 0.6 is 15.9 Å². The monoisotopic (exact) mass is 444 g/mol. The molecule has 4 rings (SSSR count). The molecule has 0 radical (unpaired) electrons. The van der Waals surface area contributed by atoms with Gasteiger partial charge in [0, 0.05) is 27.8 Å². The minimum Gasteiger partial charge on any atom is -0.267 e. The third-order valence-electron chi connectivity index (χ3n) is 4.49. The van der Waals surface area contributed by atoms with Crippen molar-refractivity contribution in [1.82, 2.24) is 15.4 Å². The Bertz CT molecular complexity index is 1220. The Morgan fingerprint density at radius 3 is 2.69 bits per heavy atom. The first-order chi connectivity index (χ1) is 14.1. The number of hydrogen-bond acceptors (Lipinski definition) is 4. The standard InChI is InChI=1S/C23H17BrN4O/c1-15(16-6-4-8-18(24)12-16)27-28-23(29)20-13-22(17-7-5-11-25-14-17)26-21-10-3-2-9-19(20)21/h2-14H,1H3,(H,28,29)/b27-15-. The van der Waals surface area contributed by atoms with Gasteiger partial charge in [0.25, 0.3) is 5.91 Å². The first kappa shape index (κ1) is 19.0. The van der Waals surface area contributed by atoms with Gasteiger partial charge in [0.05, 0.1) is 22.5 Å². The maximum Gasteiger partial charge on any atom is 0.272 e. The molecule has 29 heavy (non-hydrogen) atoms. The number of hydrogen-bond donors (Lipinski definition) is 1. The van der Waals surface area contributed by atoms with Crippen LogP contribution in [0.3, 0.4) is 0 Å². The Balaban J connectivity index is 1.71. The van der Waals surface area contributed by atoms with Crippen LogP contribution < -0.4 is 5.43 Å². The molecule has 5 nitrogen and oxygen atoms in total. The molecule has 6 heteroatoms. The minimum absolute atomic E-state index is 0.289. The molecule has 0 atom stereocenters. The van der Waals surface area contributed by atoms with E-state index in [4.69, 9.17) is 0 Å². The maximum atomic E-state index is 13.0. The van der Waals surface area contributed by atoms with E-state index in [1.807, 2.05) is 67.6 Å². The molecule has 2 aromatic carbocycles. The lowest BCUT2D eigenvalue weighted by Crippen LogP contribution is -2.20. The van der Waals surface area contributed by atoms with Crippen LogP contribution in [0.15, 0.2) is 88.7 Å². The second kappa shape index (κ2) is 8.32. The van der Waals surface area contributed by atoms with E-state index in [0.29, 0.717) is 17.0 Å². The third-order valence-corrected chi connectivity index (χ3v) is 4.98. The third kappa shape index (κ3) is 4.22. The number of amides is 1. The van der Waals surface area contributed by atoms with E-state index in [1.54, 1.807) is 18.5 Å². The number of nitrogens with zero attached hydrogens (tertiary/aromatic N) is 3. The van der Waals surface area contributed by atoms with Gasteiger partial charge in [0.2, 0.25) is 0 Å². The lowest BCUT2D eigenvalue weighted by Gasteiger charge is -2.09. The van der Waals surface area contributed by atoms with Crippen LogP contribution in [0.2, 0.25) is 0 Å². The van der Waals surface area contributed by atoms with Gasteiger partial charge in [-0.3, -0.25) is 9.78 Å². The molecule has 0 aliphatic rings. The van der Waals surface area contributed by atoms with Crippen LogP contribution in [-0.4, -0.2) is 21.6 Å². The first-order valence-corrected chi connectivity index (χ1v) is 9.82. The highest BCUT2D eigenvalue weighted by atomic mass is 79.9. The number of hydrazone groups is 1. The van der Waals surface area contributed by atoms with Crippen molar-refractivity contribution in [2.45, 2.75) is 6.92 Å². The van der Waals surface area contributed by atoms with Crippen LogP contribution in [0, 0.1) is 0 Å². The average Bonchev–Trinajstić information content (AvgIpc) is 2.77. The Hall–Kier alpha value is -3.38. The van der Waals surface area contributed by atoms with Gasteiger partial charge < -0.3 is 0 Å². The molecule has 0 unspecified atom stereocenters. The van der Waals surface area contributed by atoms with Crippen molar-refractivity contribution in [3.8, 4) is 11.3 Å². The molecule has 0 aliphatic heterocycles. The average molecular weight is 445 g/mol. The van der Waals surface area contributed by atoms with Crippen LogP contribution in [-0.2, 0) is 0 Å². The van der Waals surface area contributed by atoms with E-state index < -0.39 is 0 Å². The smallest absolute Gasteiger partial charge is 0.267 e. The van der Waals surface area contributed by atoms with Gasteiger partial charge in [-0.05, 0) is 48.9 Å². The fraction of sp³-hybridized carbons (Fsp3) is 0.0435. The second-order valence-corrected chi connectivity index (χ2v) is 7.38. The van der Waals surface area contributed by atoms with Crippen molar-refractivity contribution in [3.05, 3.63) is 94.7 Å². The molecule has 142 valence electrons. The summed E-state index contributed by atoms with van der Waals surface area (Å²) in [6.45, 7) is 1.85. The van der Waals surface area contributed by atoms with E-state index in [0.717, 1.165) is 26.5 Å². The molecule has 2 aromatic heterocycles. The van der Waals surface area contributed by atoms with Crippen molar-refractivity contribution in [2.75, 3.05) is 0 Å². The molecule has 1 amide bonds. The van der Waals surface area contributed by atoms with Gasteiger partial charge in [0.15, 0.2) is 0 Å². The topological polar surface area (TPSA) is 67.2 Å². The van der Waals surface area contributed by atoms with Gasteiger partial charge in [-0.25, -0.2) is 10.4 Å². The van der Waals surface area contributed by atoms with Crippen molar-refractivity contribution < 1.29 is 4.79 Å². The Kier molecular flexibility index (Phi) is 5.44. The van der Waals surface area contributed by atoms with E-state index in [2.05, 4.69) is 36.4 Å². The normalized spacial score (nSPS) is 11.4. The molecule has 0 aliphatic carbocycles. The van der Waals surface area contributed by atoms with Gasteiger partial charge in [-0.1, -0.05) is 46.3 Å². The molecule has 0 saturated heterocycles. The second-order valence-electron chi connectivity index (χ2n) is 6.46. The van der Waals surface area contributed by atoms with Crippen LogP contribution in [0.5, 0.6) is 0 Å². The lowest BCUT2D eigenvalue weighted by molar-refractivity contribution is 0.0956. The quantitative estimate of drug-likeness (QED) is 0.346. The first-order valence-electron chi connectivity index (χ1n) is 9.02. The SMILES string of the molecule is C/C(=N/NC(=O)c1cc(-c2cccnc2)nc2ccccc12)c1cccc(Br)c1. The molecule has 4 aromatic rings. The number of para-hydroxylation sites is 1. The van der Waals surface area contributed by atoms with Crippen LogP contribution in [0.1, 0.15) is 22.8 Å². The highest BCUT2D eigenvalue weighted by molar-refractivity contribution is 9.10. The number of rotatable bonds is 4. The highest BCUT2D eigenvalue weighted by Crippen LogP contribution is 2.24. The molecule has 0 bridgehead atoms. The molecule has 0 spiro atoms. The summed E-state index contributed by atoms with van der Waals surface area (Å²) in [5.41, 5.74) is 7.11. The zero-order valence-electron chi connectivity index (χ0n) is 15.6. The van der Waals surface area contributed by atoms with E-state index in [1.165, 1.54) is 0 Å². The zero-order valence-corrected chi connectivity index (χ0v) is 17.2. The van der Waals surface area contributed by atoms with Gasteiger partial charge in [0.1, 0.15) is 0 Å². The van der Waals surface area contributed by atoms with E-state index in [9.17, 15) is 4.79 Å². The number of pyridine rings is 2. The van der Waals surface area contributed by atoms with Crippen molar-refractivity contribution in [3.63, 3.8) is 0 Å². The molecule has 0 saturated carbocycles. The number of fused-ring (bicyclic) bond motifs is 1. The largest absolute Gasteiger partial charge is 0.272 e. The summed E-state index contributed by atoms with van der Waals surface area (Å²) in [7, 11) is 0. The molecule has 1 N–H and O–H groups in total. The summed E-state index contributed by atoms with van der Waals surface area (Å²) in [5, 5.41) is 5.06. The summed E-state index contributed by atoms with van der Waals surface area (Å²) >= 11 is 3.45. The molecular formula is C23H17BrN4O. The Morgan fingerprint density at radius 2 is 1.90 bits per heavy atom. The fourth-order valence-corrected chi connectivity index (χ4v) is 3.40. The number of carbonyl (C=O) groups excluding carboxylic acids is 1.